The topological polar surface area (TPSA) is 152 Å². The monoisotopic (exact) mass is 647 g/mol. The largest absolute Gasteiger partial charge is 0.494 e. The van der Waals surface area contributed by atoms with Crippen LogP contribution in [-0.2, 0) is 40.3 Å². The Labute approximate surface area is 270 Å². The Balaban J connectivity index is 1.54. The van der Waals surface area contributed by atoms with Gasteiger partial charge in [-0.3, -0.25) is 19.2 Å². The second kappa shape index (κ2) is 16.5. The van der Waals surface area contributed by atoms with Gasteiger partial charge in [-0.15, -0.1) is 11.3 Å². The maximum Gasteiger partial charge on any atom is 0.264 e. The highest BCUT2D eigenvalue weighted by atomic mass is 32.1. The van der Waals surface area contributed by atoms with E-state index in [0.29, 0.717) is 24.6 Å². The van der Waals surface area contributed by atoms with Crippen molar-refractivity contribution in [2.24, 2.45) is 5.73 Å². The molecule has 2 aromatic heterocycles. The lowest BCUT2D eigenvalue weighted by Crippen LogP contribution is -2.55. The molecule has 2 heterocycles. The minimum atomic E-state index is -1.02. The van der Waals surface area contributed by atoms with E-state index in [1.54, 1.807) is 23.6 Å². The minimum absolute atomic E-state index is 0.158. The fourth-order valence-electron chi connectivity index (χ4n) is 4.56. The van der Waals surface area contributed by atoms with E-state index >= 15 is 0 Å². The molecule has 0 aliphatic rings. The number of anilines is 1. The number of carbonyl (C=O) groups excluding carboxylic acids is 4. The first kappa shape index (κ1) is 33.4. The molecule has 236 valence electrons. The van der Waals surface area contributed by atoms with Gasteiger partial charge in [0.15, 0.2) is 0 Å². The summed E-state index contributed by atoms with van der Waals surface area (Å²) >= 11 is 2.65. The van der Waals surface area contributed by atoms with E-state index in [2.05, 4.69) is 21.3 Å². The predicted molar refractivity (Wildman–Crippen MR) is 177 cm³/mol. The van der Waals surface area contributed by atoms with Crippen LogP contribution < -0.4 is 31.7 Å². The normalized spacial score (nSPS) is 12.1. The maximum absolute atomic E-state index is 13.9. The van der Waals surface area contributed by atoms with Gasteiger partial charge >= 0.3 is 0 Å². The number of carbonyl (C=O) groups is 4. The van der Waals surface area contributed by atoms with Crippen LogP contribution in [-0.4, -0.2) is 42.3 Å². The average molecular weight is 648 g/mol. The number of benzene rings is 2. The number of nitrogens with two attached hydrogens (primary N) is 1. The summed E-state index contributed by atoms with van der Waals surface area (Å²) < 4.78 is 5.54. The van der Waals surface area contributed by atoms with Gasteiger partial charge < -0.3 is 31.7 Å². The Bertz CT molecular complexity index is 1570. The molecular weight excluding hydrogens is 611 g/mol. The number of amides is 4. The molecule has 0 aliphatic heterocycles. The lowest BCUT2D eigenvalue weighted by Gasteiger charge is -2.23. The van der Waals surface area contributed by atoms with Gasteiger partial charge in [0.1, 0.15) is 22.7 Å². The number of nitrogens with one attached hydrogen (secondary N) is 4. The average Bonchev–Trinajstić information content (AvgIpc) is 3.72. The Morgan fingerprint density at radius 2 is 1.47 bits per heavy atom. The fraction of sp³-hybridized carbons (Fsp3) is 0.273. The summed E-state index contributed by atoms with van der Waals surface area (Å²) in [6.45, 7) is 4.47. The molecule has 0 aliphatic carbocycles. The summed E-state index contributed by atoms with van der Waals surface area (Å²) in [6, 6.07) is 16.5. The zero-order chi connectivity index (χ0) is 32.2. The molecule has 0 spiro atoms. The van der Waals surface area contributed by atoms with Crippen molar-refractivity contribution in [3.05, 3.63) is 104 Å². The van der Waals surface area contributed by atoms with Crippen LogP contribution in [0.1, 0.15) is 45.8 Å². The van der Waals surface area contributed by atoms with Gasteiger partial charge in [-0.2, -0.15) is 11.3 Å². The van der Waals surface area contributed by atoms with E-state index in [-0.39, 0.29) is 36.1 Å². The molecule has 12 heteroatoms. The summed E-state index contributed by atoms with van der Waals surface area (Å²) in [4.78, 5) is 52.6. The summed E-state index contributed by atoms with van der Waals surface area (Å²) in [5.41, 5.74) is 9.62. The third kappa shape index (κ3) is 10.00. The number of rotatable bonds is 15. The van der Waals surface area contributed by atoms with Crippen molar-refractivity contribution in [3.8, 4) is 5.75 Å². The van der Waals surface area contributed by atoms with Gasteiger partial charge in [0, 0.05) is 32.9 Å². The van der Waals surface area contributed by atoms with Crippen LogP contribution in [0.5, 0.6) is 5.75 Å². The van der Waals surface area contributed by atoms with E-state index < -0.39 is 23.9 Å². The Kier molecular flexibility index (Phi) is 12.3. The lowest BCUT2D eigenvalue weighted by atomic mass is 10.0. The van der Waals surface area contributed by atoms with Crippen molar-refractivity contribution >= 4 is 52.0 Å². The van der Waals surface area contributed by atoms with Crippen LogP contribution in [0.25, 0.3) is 0 Å². The predicted octanol–water partition coefficient (Wildman–Crippen LogP) is 4.01. The first-order valence-corrected chi connectivity index (χ1v) is 16.3. The molecule has 45 heavy (non-hydrogen) atoms. The van der Waals surface area contributed by atoms with Gasteiger partial charge in [0.2, 0.25) is 17.7 Å². The molecular formula is C33H37N5O5S2. The molecule has 4 amide bonds. The second-order valence-electron chi connectivity index (χ2n) is 10.3. The minimum Gasteiger partial charge on any atom is -0.494 e. The van der Waals surface area contributed by atoms with Crippen molar-refractivity contribution in [3.63, 3.8) is 0 Å². The molecule has 0 fully saturated rings. The molecule has 6 N–H and O–H groups in total. The zero-order valence-electron chi connectivity index (χ0n) is 25.1. The van der Waals surface area contributed by atoms with Gasteiger partial charge in [0.25, 0.3) is 5.91 Å². The third-order valence-corrected chi connectivity index (χ3v) is 8.50. The summed E-state index contributed by atoms with van der Waals surface area (Å²) in [5.74, 6) is -1.01. The molecule has 0 saturated heterocycles. The van der Waals surface area contributed by atoms with Crippen LogP contribution >= 0.6 is 22.7 Å². The lowest BCUT2D eigenvalue weighted by molar-refractivity contribution is -0.130. The van der Waals surface area contributed by atoms with Crippen LogP contribution in [0, 0.1) is 0 Å². The third-order valence-electron chi connectivity index (χ3n) is 6.86. The van der Waals surface area contributed by atoms with E-state index in [1.807, 2.05) is 60.1 Å². The zero-order valence-corrected chi connectivity index (χ0v) is 26.8. The van der Waals surface area contributed by atoms with E-state index in [0.717, 1.165) is 33.6 Å². The Hall–Kier alpha value is -4.52. The van der Waals surface area contributed by atoms with Gasteiger partial charge in [0.05, 0.1) is 12.3 Å². The highest BCUT2D eigenvalue weighted by molar-refractivity contribution is 7.12. The number of thiophene rings is 2. The van der Waals surface area contributed by atoms with Crippen molar-refractivity contribution in [2.45, 2.75) is 51.9 Å². The van der Waals surface area contributed by atoms with E-state index in [9.17, 15) is 19.2 Å². The molecule has 2 atom stereocenters. The molecule has 0 unspecified atom stereocenters. The second-order valence-corrected chi connectivity index (χ2v) is 12.0. The van der Waals surface area contributed by atoms with Crippen LogP contribution in [0.15, 0.2) is 76.8 Å². The number of ether oxygens (including phenoxy) is 1. The summed E-state index contributed by atoms with van der Waals surface area (Å²) in [5, 5.41) is 16.8. The fourth-order valence-corrected chi connectivity index (χ4v) is 6.00. The molecule has 4 aromatic rings. The summed E-state index contributed by atoms with van der Waals surface area (Å²) in [7, 11) is 0. The van der Waals surface area contributed by atoms with E-state index in [4.69, 9.17) is 10.5 Å². The smallest absolute Gasteiger partial charge is 0.264 e. The highest BCUT2D eigenvalue weighted by Crippen LogP contribution is 2.23. The molecule has 0 bridgehead atoms. The van der Waals surface area contributed by atoms with Gasteiger partial charge in [-0.1, -0.05) is 36.4 Å². The SMILES string of the molecule is CCOc1ccc(C[C@@H](NC(=O)c2sccc2NC(C)=O)C(=O)N[C@@H](Cc2ccsc2)C(=O)NCc2ccc(CN)cc2)cc1. The van der Waals surface area contributed by atoms with Crippen molar-refractivity contribution in [2.75, 3.05) is 11.9 Å². The van der Waals surface area contributed by atoms with Crippen LogP contribution in [0.4, 0.5) is 5.69 Å². The van der Waals surface area contributed by atoms with Crippen molar-refractivity contribution in [1.29, 1.82) is 0 Å². The summed E-state index contributed by atoms with van der Waals surface area (Å²) in [6.07, 6.45) is 0.430. The van der Waals surface area contributed by atoms with Gasteiger partial charge in [-0.25, -0.2) is 0 Å². The van der Waals surface area contributed by atoms with E-state index in [1.165, 1.54) is 18.3 Å². The highest BCUT2D eigenvalue weighted by Gasteiger charge is 2.29. The standard InChI is InChI=1S/C33H37N5O5S2/c1-3-43-26-10-8-22(9-11-26)16-29(38-33(42)30-27(13-15-45-30)36-21(2)39)32(41)37-28(17-25-12-14-44-20-25)31(40)35-19-24-6-4-23(18-34)5-7-24/h4-15,20,28-29H,3,16-19,34H2,1-2H3,(H,35,40)(H,36,39)(H,37,41)(H,38,42)/t28-,29+/m0/s1. The maximum atomic E-state index is 13.9. The van der Waals surface area contributed by atoms with Crippen LogP contribution in [0.2, 0.25) is 0 Å². The van der Waals surface area contributed by atoms with Gasteiger partial charge in [-0.05, 0) is 69.6 Å². The molecule has 0 radical (unpaired) electrons. The first-order chi connectivity index (χ1) is 21.7. The van der Waals surface area contributed by atoms with Crippen molar-refractivity contribution < 1.29 is 23.9 Å². The number of hydrogen-bond donors (Lipinski definition) is 5. The molecule has 4 rings (SSSR count). The first-order valence-electron chi connectivity index (χ1n) is 14.5. The number of hydrogen-bond acceptors (Lipinski definition) is 8. The van der Waals surface area contributed by atoms with Crippen molar-refractivity contribution in [1.82, 2.24) is 16.0 Å². The molecule has 0 saturated carbocycles. The Morgan fingerprint density at radius 1 is 0.800 bits per heavy atom. The van der Waals surface area contributed by atoms with Crippen LogP contribution in [0.3, 0.4) is 0 Å². The molecule has 2 aromatic carbocycles. The molecule has 10 nitrogen and oxygen atoms in total. The Morgan fingerprint density at radius 3 is 2.11 bits per heavy atom. The quantitative estimate of drug-likeness (QED) is 0.132.